The van der Waals surface area contributed by atoms with E-state index in [2.05, 4.69) is 45.9 Å². The third-order valence-electron chi connectivity index (χ3n) is 5.83. The fourth-order valence-corrected chi connectivity index (χ4v) is 4.02. The molecule has 3 aromatic heterocycles. The van der Waals surface area contributed by atoms with E-state index in [0.717, 1.165) is 22.5 Å². The summed E-state index contributed by atoms with van der Waals surface area (Å²) in [6.45, 7) is 12.7. The quantitative estimate of drug-likeness (QED) is 0.533. The van der Waals surface area contributed by atoms with Crippen LogP contribution in [0, 0.1) is 32.6 Å². The summed E-state index contributed by atoms with van der Waals surface area (Å²) < 4.78 is 12.0. The molecule has 0 radical (unpaired) electrons. The standard InChI is InChI=1S/C25H30N4O2/c1-14(2)31-23-10-8-19(17(5)28-23)20-12-26-18(6)29-25(20)30-13-21-16(4)24(21)22-9-7-15(3)11-27-22/h7-12,14,16,21,24H,13H2,1-6H3. The molecule has 0 aliphatic heterocycles. The van der Waals surface area contributed by atoms with Crippen LogP contribution in [0.1, 0.15) is 49.5 Å². The summed E-state index contributed by atoms with van der Waals surface area (Å²) in [5, 5.41) is 0. The van der Waals surface area contributed by atoms with Gasteiger partial charge < -0.3 is 9.47 Å². The van der Waals surface area contributed by atoms with Gasteiger partial charge in [-0.15, -0.1) is 0 Å². The van der Waals surface area contributed by atoms with Crippen molar-refractivity contribution in [1.29, 1.82) is 0 Å². The monoisotopic (exact) mass is 418 g/mol. The molecule has 3 heterocycles. The van der Waals surface area contributed by atoms with Gasteiger partial charge in [0.2, 0.25) is 11.8 Å². The lowest BCUT2D eigenvalue weighted by Gasteiger charge is -2.14. The normalized spacial score (nSPS) is 20.0. The van der Waals surface area contributed by atoms with E-state index in [-0.39, 0.29) is 6.10 Å². The summed E-state index contributed by atoms with van der Waals surface area (Å²) in [4.78, 5) is 18.2. The van der Waals surface area contributed by atoms with Crippen LogP contribution in [0.15, 0.2) is 36.7 Å². The fourth-order valence-electron chi connectivity index (χ4n) is 4.02. The first-order valence-corrected chi connectivity index (χ1v) is 10.9. The van der Waals surface area contributed by atoms with Crippen molar-refractivity contribution >= 4 is 0 Å². The molecule has 0 N–H and O–H groups in total. The molecule has 162 valence electrons. The van der Waals surface area contributed by atoms with E-state index >= 15 is 0 Å². The number of hydrogen-bond acceptors (Lipinski definition) is 6. The highest BCUT2D eigenvalue weighted by Crippen LogP contribution is 2.53. The van der Waals surface area contributed by atoms with Gasteiger partial charge in [0.05, 0.1) is 18.3 Å². The molecular formula is C25H30N4O2. The Kier molecular flexibility index (Phi) is 5.90. The zero-order chi connectivity index (χ0) is 22.1. The van der Waals surface area contributed by atoms with E-state index in [1.807, 2.05) is 52.2 Å². The lowest BCUT2D eigenvalue weighted by Crippen LogP contribution is -2.08. The third-order valence-corrected chi connectivity index (χ3v) is 5.83. The molecule has 3 aromatic rings. The van der Waals surface area contributed by atoms with Crippen LogP contribution in [0.2, 0.25) is 0 Å². The molecular weight excluding hydrogens is 388 g/mol. The van der Waals surface area contributed by atoms with Crippen LogP contribution in [0.25, 0.3) is 11.1 Å². The average Bonchev–Trinajstić information content (AvgIpc) is 3.36. The van der Waals surface area contributed by atoms with Gasteiger partial charge in [-0.25, -0.2) is 9.97 Å². The first kappa shape index (κ1) is 21.2. The minimum atomic E-state index is 0.0795. The van der Waals surface area contributed by atoms with Gasteiger partial charge in [-0.3, -0.25) is 4.98 Å². The van der Waals surface area contributed by atoms with Crippen LogP contribution >= 0.6 is 0 Å². The van der Waals surface area contributed by atoms with Crippen molar-refractivity contribution in [2.24, 2.45) is 11.8 Å². The molecule has 1 aliphatic rings. The molecule has 1 aliphatic carbocycles. The Balaban J connectivity index is 1.52. The molecule has 3 atom stereocenters. The van der Waals surface area contributed by atoms with Crippen molar-refractivity contribution in [1.82, 2.24) is 19.9 Å². The van der Waals surface area contributed by atoms with Crippen molar-refractivity contribution in [3.63, 3.8) is 0 Å². The maximum absolute atomic E-state index is 6.25. The van der Waals surface area contributed by atoms with Gasteiger partial charge in [0.15, 0.2) is 0 Å². The highest BCUT2D eigenvalue weighted by Gasteiger charge is 2.49. The minimum absolute atomic E-state index is 0.0795. The Morgan fingerprint density at radius 1 is 0.935 bits per heavy atom. The predicted octanol–water partition coefficient (Wildman–Crippen LogP) is 5.07. The molecule has 1 fully saturated rings. The number of hydrogen-bond donors (Lipinski definition) is 0. The molecule has 0 saturated heterocycles. The first-order valence-electron chi connectivity index (χ1n) is 10.9. The first-order chi connectivity index (χ1) is 14.8. The second kappa shape index (κ2) is 8.61. The minimum Gasteiger partial charge on any atom is -0.477 e. The van der Waals surface area contributed by atoms with Crippen molar-refractivity contribution < 1.29 is 9.47 Å². The predicted molar refractivity (Wildman–Crippen MR) is 120 cm³/mol. The molecule has 0 aromatic carbocycles. The van der Waals surface area contributed by atoms with Crippen molar-refractivity contribution in [2.75, 3.05) is 6.61 Å². The molecule has 31 heavy (non-hydrogen) atoms. The summed E-state index contributed by atoms with van der Waals surface area (Å²) in [6, 6.07) is 8.14. The van der Waals surface area contributed by atoms with Crippen LogP contribution in [-0.4, -0.2) is 32.6 Å². The summed E-state index contributed by atoms with van der Waals surface area (Å²) in [5.41, 5.74) is 4.99. The van der Waals surface area contributed by atoms with Gasteiger partial charge in [0.1, 0.15) is 5.82 Å². The van der Waals surface area contributed by atoms with Crippen molar-refractivity contribution in [3.05, 3.63) is 59.4 Å². The van der Waals surface area contributed by atoms with E-state index in [1.165, 1.54) is 5.56 Å². The van der Waals surface area contributed by atoms with Gasteiger partial charge in [0.25, 0.3) is 0 Å². The van der Waals surface area contributed by atoms with Gasteiger partial charge in [-0.2, -0.15) is 4.98 Å². The number of ether oxygens (including phenoxy) is 2. The van der Waals surface area contributed by atoms with Crippen LogP contribution in [0.4, 0.5) is 0 Å². The summed E-state index contributed by atoms with van der Waals surface area (Å²) in [5.74, 6) is 3.31. The van der Waals surface area contributed by atoms with E-state index in [9.17, 15) is 0 Å². The SMILES string of the molecule is Cc1ccc(C2C(C)C2COc2nc(C)ncc2-c2ccc(OC(C)C)nc2C)nc1. The highest BCUT2D eigenvalue weighted by molar-refractivity contribution is 5.70. The number of pyridine rings is 2. The zero-order valence-electron chi connectivity index (χ0n) is 19.1. The Morgan fingerprint density at radius 2 is 1.74 bits per heavy atom. The van der Waals surface area contributed by atoms with E-state index in [4.69, 9.17) is 9.47 Å². The van der Waals surface area contributed by atoms with Crippen molar-refractivity contribution in [3.8, 4) is 22.9 Å². The van der Waals surface area contributed by atoms with Crippen LogP contribution < -0.4 is 9.47 Å². The molecule has 6 nitrogen and oxygen atoms in total. The molecule has 0 amide bonds. The number of nitrogens with zero attached hydrogens (tertiary/aromatic N) is 4. The summed E-state index contributed by atoms with van der Waals surface area (Å²) in [7, 11) is 0. The number of aromatic nitrogens is 4. The van der Waals surface area contributed by atoms with Gasteiger partial charge in [-0.05, 0) is 58.2 Å². The molecule has 0 bridgehead atoms. The molecule has 0 spiro atoms. The van der Waals surface area contributed by atoms with E-state index < -0.39 is 0 Å². The average molecular weight is 419 g/mol. The van der Waals surface area contributed by atoms with Crippen LogP contribution in [-0.2, 0) is 0 Å². The Hall–Kier alpha value is -3.02. The number of aryl methyl sites for hydroxylation is 3. The smallest absolute Gasteiger partial charge is 0.224 e. The van der Waals surface area contributed by atoms with Crippen LogP contribution in [0.3, 0.4) is 0 Å². The molecule has 3 unspecified atom stereocenters. The Morgan fingerprint density at radius 3 is 2.42 bits per heavy atom. The third kappa shape index (κ3) is 4.68. The maximum Gasteiger partial charge on any atom is 0.224 e. The maximum atomic E-state index is 6.25. The van der Waals surface area contributed by atoms with Crippen molar-refractivity contribution in [2.45, 2.75) is 53.6 Å². The second-order valence-corrected chi connectivity index (χ2v) is 8.71. The fraction of sp³-hybridized carbons (Fsp3) is 0.440. The van der Waals surface area contributed by atoms with E-state index in [1.54, 1.807) is 0 Å². The molecule has 4 rings (SSSR count). The Labute approximate surface area is 184 Å². The zero-order valence-corrected chi connectivity index (χ0v) is 19.1. The van der Waals surface area contributed by atoms with Crippen LogP contribution in [0.5, 0.6) is 11.8 Å². The van der Waals surface area contributed by atoms with Gasteiger partial charge in [0, 0.05) is 47.2 Å². The van der Waals surface area contributed by atoms with E-state index in [0.29, 0.717) is 41.9 Å². The summed E-state index contributed by atoms with van der Waals surface area (Å²) >= 11 is 0. The summed E-state index contributed by atoms with van der Waals surface area (Å²) in [6.07, 6.45) is 3.84. The van der Waals surface area contributed by atoms with Gasteiger partial charge >= 0.3 is 0 Å². The Bertz CT molecular complexity index is 1070. The highest BCUT2D eigenvalue weighted by atomic mass is 16.5. The lowest BCUT2D eigenvalue weighted by molar-refractivity contribution is 0.232. The van der Waals surface area contributed by atoms with Gasteiger partial charge in [-0.1, -0.05) is 13.0 Å². The lowest BCUT2D eigenvalue weighted by atomic mass is 10.1. The molecule has 1 saturated carbocycles. The molecule has 6 heteroatoms. The number of rotatable bonds is 7. The largest absolute Gasteiger partial charge is 0.477 e. The topological polar surface area (TPSA) is 70.0 Å². The second-order valence-electron chi connectivity index (χ2n) is 8.71.